The van der Waals surface area contributed by atoms with Gasteiger partial charge in [0, 0.05) is 41.8 Å². The Hall–Kier alpha value is -2.96. The molecule has 0 saturated carbocycles. The first-order valence-corrected chi connectivity index (χ1v) is 7.84. The number of nitrogens with zero attached hydrogens (tertiary/aromatic N) is 4. The molecule has 7 heteroatoms. The molecular weight excluding hydrogens is 307 g/mol. The van der Waals surface area contributed by atoms with Crippen LogP contribution in [0.1, 0.15) is 19.4 Å². The van der Waals surface area contributed by atoms with Crippen molar-refractivity contribution in [1.82, 2.24) is 15.0 Å². The van der Waals surface area contributed by atoms with E-state index in [0.29, 0.717) is 16.8 Å². The molecule has 0 radical (unpaired) electrons. The van der Waals surface area contributed by atoms with Crippen molar-refractivity contribution in [3.63, 3.8) is 0 Å². The number of anilines is 2. The van der Waals surface area contributed by atoms with Gasteiger partial charge in [-0.25, -0.2) is 14.4 Å². The molecule has 0 aliphatic heterocycles. The largest absolute Gasteiger partial charge is 0.360 e. The van der Waals surface area contributed by atoms with E-state index < -0.39 is 0 Å². The van der Waals surface area contributed by atoms with Crippen LogP contribution in [0.2, 0.25) is 0 Å². The minimum atomic E-state index is -0.277. The highest BCUT2D eigenvalue weighted by Crippen LogP contribution is 2.20. The van der Waals surface area contributed by atoms with E-state index in [1.807, 2.05) is 12.1 Å². The van der Waals surface area contributed by atoms with Crippen molar-refractivity contribution in [1.29, 1.82) is 0 Å². The lowest BCUT2D eigenvalue weighted by atomic mass is 10.2. The Morgan fingerprint density at radius 1 is 1.29 bits per heavy atom. The molecule has 0 saturated heterocycles. The molecule has 2 heterocycles. The average molecular weight is 326 g/mol. The molecule has 6 nitrogen and oxygen atoms in total. The van der Waals surface area contributed by atoms with Gasteiger partial charge in [0.15, 0.2) is 5.82 Å². The SMILES string of the molecule is CCN(CC)c1cc(N/N=C/c2c[nH]c3cccc(F)c23)ncn1. The summed E-state index contributed by atoms with van der Waals surface area (Å²) in [4.78, 5) is 13.5. The highest BCUT2D eigenvalue weighted by molar-refractivity contribution is 5.99. The van der Waals surface area contributed by atoms with Gasteiger partial charge in [-0.2, -0.15) is 5.10 Å². The fraction of sp³-hybridized carbons (Fsp3) is 0.235. The third kappa shape index (κ3) is 3.19. The monoisotopic (exact) mass is 326 g/mol. The number of H-pyrrole nitrogens is 1. The van der Waals surface area contributed by atoms with Gasteiger partial charge in [-0.1, -0.05) is 6.07 Å². The summed E-state index contributed by atoms with van der Waals surface area (Å²) >= 11 is 0. The highest BCUT2D eigenvalue weighted by atomic mass is 19.1. The predicted octanol–water partition coefficient (Wildman–Crippen LogP) is 3.39. The third-order valence-electron chi connectivity index (χ3n) is 3.81. The summed E-state index contributed by atoms with van der Waals surface area (Å²) in [7, 11) is 0. The summed E-state index contributed by atoms with van der Waals surface area (Å²) in [6.07, 6.45) is 4.79. The zero-order valence-corrected chi connectivity index (χ0v) is 13.6. The molecular formula is C17H19FN6. The van der Waals surface area contributed by atoms with E-state index in [2.05, 4.69) is 44.2 Å². The maximum atomic E-state index is 13.9. The molecule has 0 fully saturated rings. The molecule has 3 rings (SSSR count). The van der Waals surface area contributed by atoms with Gasteiger partial charge in [-0.15, -0.1) is 0 Å². The van der Waals surface area contributed by atoms with Gasteiger partial charge in [0.1, 0.15) is 18.0 Å². The summed E-state index contributed by atoms with van der Waals surface area (Å²) in [5.41, 5.74) is 4.28. The molecule has 0 spiro atoms. The Morgan fingerprint density at radius 2 is 2.12 bits per heavy atom. The molecule has 3 aromatic rings. The Kier molecular flexibility index (Phi) is 4.69. The molecule has 0 amide bonds. The van der Waals surface area contributed by atoms with E-state index >= 15 is 0 Å². The van der Waals surface area contributed by atoms with Crippen molar-refractivity contribution in [2.75, 3.05) is 23.4 Å². The topological polar surface area (TPSA) is 69.2 Å². The van der Waals surface area contributed by atoms with Crippen molar-refractivity contribution in [2.24, 2.45) is 5.10 Å². The van der Waals surface area contributed by atoms with E-state index in [1.54, 1.807) is 18.5 Å². The van der Waals surface area contributed by atoms with Gasteiger partial charge < -0.3 is 9.88 Å². The first-order valence-electron chi connectivity index (χ1n) is 7.84. The maximum Gasteiger partial charge on any atom is 0.151 e. The Bertz CT molecular complexity index is 853. The summed E-state index contributed by atoms with van der Waals surface area (Å²) in [6, 6.07) is 6.76. The van der Waals surface area contributed by atoms with Crippen LogP contribution < -0.4 is 10.3 Å². The second-order valence-corrected chi connectivity index (χ2v) is 5.21. The molecule has 2 aromatic heterocycles. The molecule has 0 unspecified atom stereocenters. The summed E-state index contributed by atoms with van der Waals surface area (Å²) in [6.45, 7) is 5.88. The Labute approximate surface area is 139 Å². The number of hydrogen-bond donors (Lipinski definition) is 2. The van der Waals surface area contributed by atoms with Gasteiger partial charge >= 0.3 is 0 Å². The minimum absolute atomic E-state index is 0.277. The van der Waals surface area contributed by atoms with Crippen LogP contribution in [0.3, 0.4) is 0 Å². The maximum absolute atomic E-state index is 13.9. The minimum Gasteiger partial charge on any atom is -0.360 e. The average Bonchev–Trinajstić information content (AvgIpc) is 3.01. The van der Waals surface area contributed by atoms with Crippen LogP contribution in [0, 0.1) is 5.82 Å². The Balaban J connectivity index is 1.78. The lowest BCUT2D eigenvalue weighted by molar-refractivity contribution is 0.640. The zero-order valence-electron chi connectivity index (χ0n) is 13.6. The summed E-state index contributed by atoms with van der Waals surface area (Å²) in [5, 5.41) is 4.68. The molecule has 24 heavy (non-hydrogen) atoms. The Morgan fingerprint density at radius 3 is 2.92 bits per heavy atom. The van der Waals surface area contributed by atoms with Crippen molar-refractivity contribution in [3.8, 4) is 0 Å². The van der Waals surface area contributed by atoms with Crippen LogP contribution in [0.25, 0.3) is 10.9 Å². The number of benzene rings is 1. The van der Waals surface area contributed by atoms with Crippen LogP contribution in [0.5, 0.6) is 0 Å². The first-order chi connectivity index (χ1) is 11.7. The van der Waals surface area contributed by atoms with E-state index in [0.717, 1.165) is 24.4 Å². The van der Waals surface area contributed by atoms with Gasteiger partial charge in [-0.3, -0.25) is 5.43 Å². The first kappa shape index (κ1) is 15.9. The number of fused-ring (bicyclic) bond motifs is 1. The molecule has 0 atom stereocenters. The molecule has 2 N–H and O–H groups in total. The number of hydrazone groups is 1. The number of nitrogens with one attached hydrogen (secondary N) is 2. The van der Waals surface area contributed by atoms with Gasteiger partial charge in [0.05, 0.1) is 6.21 Å². The second-order valence-electron chi connectivity index (χ2n) is 5.21. The van der Waals surface area contributed by atoms with Crippen LogP contribution in [-0.2, 0) is 0 Å². The number of aromatic amines is 1. The van der Waals surface area contributed by atoms with Crippen LogP contribution >= 0.6 is 0 Å². The van der Waals surface area contributed by atoms with Gasteiger partial charge in [0.25, 0.3) is 0 Å². The second kappa shape index (κ2) is 7.08. The van der Waals surface area contributed by atoms with Crippen molar-refractivity contribution >= 4 is 28.8 Å². The van der Waals surface area contributed by atoms with Gasteiger partial charge in [-0.05, 0) is 26.0 Å². The normalized spacial score (nSPS) is 11.3. The quantitative estimate of drug-likeness (QED) is 0.538. The standard InChI is InChI=1S/C17H19FN6/c1-3-24(4-2)16-8-15(20-11-21-16)23-22-10-12-9-19-14-7-5-6-13(18)17(12)14/h5-11,19H,3-4H2,1-2H3,(H,20,21,23)/b22-10+. The van der Waals surface area contributed by atoms with E-state index in [9.17, 15) is 4.39 Å². The fourth-order valence-corrected chi connectivity index (χ4v) is 2.56. The van der Waals surface area contributed by atoms with Crippen LogP contribution in [0.15, 0.2) is 41.9 Å². The lowest BCUT2D eigenvalue weighted by Gasteiger charge is -2.19. The fourth-order valence-electron chi connectivity index (χ4n) is 2.56. The number of hydrogen-bond acceptors (Lipinski definition) is 5. The number of aromatic nitrogens is 3. The predicted molar refractivity (Wildman–Crippen MR) is 95.1 cm³/mol. The van der Waals surface area contributed by atoms with Crippen molar-refractivity contribution in [2.45, 2.75) is 13.8 Å². The highest BCUT2D eigenvalue weighted by Gasteiger charge is 2.07. The number of halogens is 1. The molecule has 0 bridgehead atoms. The van der Waals surface area contributed by atoms with Gasteiger partial charge in [0.2, 0.25) is 0 Å². The van der Waals surface area contributed by atoms with Crippen LogP contribution in [-0.4, -0.2) is 34.3 Å². The lowest BCUT2D eigenvalue weighted by Crippen LogP contribution is -2.23. The molecule has 0 aliphatic carbocycles. The molecule has 124 valence electrons. The van der Waals surface area contributed by atoms with E-state index in [1.165, 1.54) is 12.4 Å². The van der Waals surface area contributed by atoms with E-state index in [4.69, 9.17) is 0 Å². The van der Waals surface area contributed by atoms with Crippen molar-refractivity contribution < 1.29 is 4.39 Å². The number of rotatable bonds is 6. The molecule has 1 aromatic carbocycles. The van der Waals surface area contributed by atoms with Crippen LogP contribution in [0.4, 0.5) is 16.0 Å². The summed E-state index contributed by atoms with van der Waals surface area (Å²) < 4.78 is 13.9. The van der Waals surface area contributed by atoms with E-state index in [-0.39, 0.29) is 5.82 Å². The van der Waals surface area contributed by atoms with Crippen molar-refractivity contribution in [3.05, 3.63) is 48.2 Å². The molecule has 0 aliphatic rings. The third-order valence-corrected chi connectivity index (χ3v) is 3.81. The summed E-state index contributed by atoms with van der Waals surface area (Å²) in [5.74, 6) is 1.15. The zero-order chi connectivity index (χ0) is 16.9. The smallest absolute Gasteiger partial charge is 0.151 e.